The van der Waals surface area contributed by atoms with Gasteiger partial charge in [0, 0.05) is 32.9 Å². The van der Waals surface area contributed by atoms with Crippen molar-refractivity contribution in [1.29, 1.82) is 5.26 Å². The van der Waals surface area contributed by atoms with Crippen molar-refractivity contribution in [2.24, 2.45) is 5.41 Å². The second kappa shape index (κ2) is 6.36. The molecule has 1 N–H and O–H groups in total. The van der Waals surface area contributed by atoms with Crippen LogP contribution in [-0.2, 0) is 6.42 Å². The lowest BCUT2D eigenvalue weighted by molar-refractivity contribution is 0.318. The molecule has 1 aromatic heterocycles. The van der Waals surface area contributed by atoms with Crippen LogP contribution >= 0.6 is 0 Å². The van der Waals surface area contributed by atoms with Gasteiger partial charge in [-0.15, -0.1) is 0 Å². The van der Waals surface area contributed by atoms with Crippen LogP contribution in [0, 0.1) is 23.7 Å². The monoisotopic (exact) mass is 236 g/mol. The van der Waals surface area contributed by atoms with Crippen LogP contribution in [0.3, 0.4) is 0 Å². The Kier molecular flexibility index (Phi) is 5.11. The Labute approximate surface area is 102 Å². The van der Waals surface area contributed by atoms with E-state index in [1.54, 1.807) is 6.92 Å². The molecule has 0 amide bonds. The normalized spacial score (nSPS) is 11.4. The summed E-state index contributed by atoms with van der Waals surface area (Å²) in [5.41, 5.74) is 0.156. The summed E-state index contributed by atoms with van der Waals surface area (Å²) >= 11 is 0. The summed E-state index contributed by atoms with van der Waals surface area (Å²) in [6, 6.07) is 2.18. The van der Waals surface area contributed by atoms with E-state index >= 15 is 0 Å². The van der Waals surface area contributed by atoms with Crippen molar-refractivity contribution in [3.63, 3.8) is 0 Å². The molecular formula is C12H20N4O. The molecule has 1 heterocycles. The molecule has 1 aromatic rings. The average molecular weight is 236 g/mol. The highest BCUT2D eigenvalue weighted by molar-refractivity contribution is 4.85. The first-order valence-electron chi connectivity index (χ1n) is 5.90. The highest BCUT2D eigenvalue weighted by Crippen LogP contribution is 2.20. The molecule has 0 spiro atoms. The Morgan fingerprint density at radius 3 is 2.82 bits per heavy atom. The van der Waals surface area contributed by atoms with Gasteiger partial charge in [0.15, 0.2) is 5.82 Å². The fourth-order valence-electron chi connectivity index (χ4n) is 1.55. The van der Waals surface area contributed by atoms with Gasteiger partial charge < -0.3 is 9.84 Å². The smallest absolute Gasteiger partial charge is 0.223 e. The molecule has 1 rings (SSSR count). The van der Waals surface area contributed by atoms with Gasteiger partial charge in [-0.25, -0.2) is 0 Å². The fraction of sp³-hybridized carbons (Fsp3) is 0.750. The molecule has 0 radical (unpaired) electrons. The van der Waals surface area contributed by atoms with E-state index in [0.717, 1.165) is 31.8 Å². The van der Waals surface area contributed by atoms with E-state index in [4.69, 9.17) is 9.78 Å². The van der Waals surface area contributed by atoms with E-state index in [-0.39, 0.29) is 5.41 Å². The summed E-state index contributed by atoms with van der Waals surface area (Å²) in [4.78, 5) is 4.13. The van der Waals surface area contributed by atoms with Crippen molar-refractivity contribution in [3.05, 3.63) is 11.7 Å². The molecule has 17 heavy (non-hydrogen) atoms. The standard InChI is InChI=1S/C12H20N4O/c1-10-15-11(16-17-10)5-8-14-9-12(2,3)6-4-7-13/h14H,4-6,8-9H2,1-3H3. The van der Waals surface area contributed by atoms with Crippen molar-refractivity contribution >= 4 is 0 Å². The third kappa shape index (κ3) is 5.45. The maximum absolute atomic E-state index is 8.55. The van der Waals surface area contributed by atoms with E-state index in [2.05, 4.69) is 35.4 Å². The van der Waals surface area contributed by atoms with E-state index < -0.39 is 0 Å². The predicted molar refractivity (Wildman–Crippen MR) is 64.2 cm³/mol. The zero-order chi connectivity index (χ0) is 12.7. The van der Waals surface area contributed by atoms with Gasteiger partial charge in [0.2, 0.25) is 5.89 Å². The Morgan fingerprint density at radius 2 is 2.24 bits per heavy atom. The van der Waals surface area contributed by atoms with Crippen LogP contribution in [0.2, 0.25) is 0 Å². The van der Waals surface area contributed by atoms with E-state index in [1.165, 1.54) is 0 Å². The van der Waals surface area contributed by atoms with Crippen molar-refractivity contribution in [1.82, 2.24) is 15.5 Å². The number of nitriles is 1. The number of rotatable bonds is 7. The summed E-state index contributed by atoms with van der Waals surface area (Å²) in [5, 5.41) is 15.7. The summed E-state index contributed by atoms with van der Waals surface area (Å²) in [6.45, 7) is 7.83. The Bertz CT molecular complexity index is 378. The molecule has 0 aliphatic rings. The molecule has 0 atom stereocenters. The van der Waals surface area contributed by atoms with E-state index in [1.807, 2.05) is 0 Å². The largest absolute Gasteiger partial charge is 0.340 e. The molecule has 5 nitrogen and oxygen atoms in total. The van der Waals surface area contributed by atoms with Gasteiger partial charge in [-0.2, -0.15) is 10.2 Å². The van der Waals surface area contributed by atoms with Crippen LogP contribution in [0.1, 0.15) is 38.4 Å². The topological polar surface area (TPSA) is 74.7 Å². The molecule has 0 aromatic carbocycles. The molecular weight excluding hydrogens is 216 g/mol. The first kappa shape index (κ1) is 13.7. The van der Waals surface area contributed by atoms with Gasteiger partial charge in [-0.3, -0.25) is 0 Å². The maximum Gasteiger partial charge on any atom is 0.223 e. The van der Waals surface area contributed by atoms with Crippen molar-refractivity contribution in [2.45, 2.75) is 40.0 Å². The molecule has 0 bridgehead atoms. The van der Waals surface area contributed by atoms with Crippen LogP contribution in [0.4, 0.5) is 0 Å². The third-order valence-corrected chi connectivity index (χ3v) is 2.61. The lowest BCUT2D eigenvalue weighted by Gasteiger charge is -2.23. The number of hydrogen-bond acceptors (Lipinski definition) is 5. The van der Waals surface area contributed by atoms with Crippen LogP contribution in [0.15, 0.2) is 4.52 Å². The molecule has 94 valence electrons. The van der Waals surface area contributed by atoms with E-state index in [0.29, 0.717) is 12.3 Å². The molecule has 0 saturated heterocycles. The minimum Gasteiger partial charge on any atom is -0.340 e. The molecule has 0 unspecified atom stereocenters. The number of nitrogens with zero attached hydrogens (tertiary/aromatic N) is 3. The van der Waals surface area contributed by atoms with Crippen molar-refractivity contribution in [2.75, 3.05) is 13.1 Å². The third-order valence-electron chi connectivity index (χ3n) is 2.61. The minimum absolute atomic E-state index is 0.156. The minimum atomic E-state index is 0.156. The summed E-state index contributed by atoms with van der Waals surface area (Å²) in [5.74, 6) is 1.35. The lowest BCUT2D eigenvalue weighted by Crippen LogP contribution is -2.30. The average Bonchev–Trinajstić information content (AvgIpc) is 2.68. The first-order valence-corrected chi connectivity index (χ1v) is 5.90. The van der Waals surface area contributed by atoms with Crippen molar-refractivity contribution < 1.29 is 4.52 Å². The zero-order valence-corrected chi connectivity index (χ0v) is 10.8. The Hall–Kier alpha value is -1.41. The van der Waals surface area contributed by atoms with Gasteiger partial charge in [0.25, 0.3) is 0 Å². The molecule has 0 saturated carbocycles. The summed E-state index contributed by atoms with van der Waals surface area (Å²) in [7, 11) is 0. The second-order valence-electron chi connectivity index (χ2n) is 4.98. The Morgan fingerprint density at radius 1 is 1.47 bits per heavy atom. The van der Waals surface area contributed by atoms with Gasteiger partial charge in [0.05, 0.1) is 6.07 Å². The lowest BCUT2D eigenvalue weighted by atomic mass is 9.88. The fourth-order valence-corrected chi connectivity index (χ4v) is 1.55. The van der Waals surface area contributed by atoms with Crippen LogP contribution < -0.4 is 5.32 Å². The van der Waals surface area contributed by atoms with Crippen molar-refractivity contribution in [3.8, 4) is 6.07 Å². The Balaban J connectivity index is 2.17. The van der Waals surface area contributed by atoms with Crippen LogP contribution in [-0.4, -0.2) is 23.2 Å². The number of aryl methyl sites for hydroxylation is 1. The number of nitrogens with one attached hydrogen (secondary N) is 1. The second-order valence-corrected chi connectivity index (χ2v) is 4.98. The number of aromatic nitrogens is 2. The molecule has 5 heteroatoms. The predicted octanol–water partition coefficient (Wildman–Crippen LogP) is 1.84. The zero-order valence-electron chi connectivity index (χ0n) is 10.8. The SMILES string of the molecule is Cc1nc(CCNCC(C)(C)CCC#N)no1. The quantitative estimate of drug-likeness (QED) is 0.731. The van der Waals surface area contributed by atoms with Gasteiger partial charge in [-0.05, 0) is 11.8 Å². The molecule has 0 aliphatic carbocycles. The highest BCUT2D eigenvalue weighted by atomic mass is 16.5. The molecule has 0 aliphatic heterocycles. The number of hydrogen-bond donors (Lipinski definition) is 1. The van der Waals surface area contributed by atoms with Gasteiger partial charge >= 0.3 is 0 Å². The van der Waals surface area contributed by atoms with Gasteiger partial charge in [-0.1, -0.05) is 19.0 Å². The first-order chi connectivity index (χ1) is 8.03. The van der Waals surface area contributed by atoms with E-state index in [9.17, 15) is 0 Å². The summed E-state index contributed by atoms with van der Waals surface area (Å²) < 4.78 is 4.89. The maximum atomic E-state index is 8.55. The summed E-state index contributed by atoms with van der Waals surface area (Å²) in [6.07, 6.45) is 2.29. The molecule has 0 fully saturated rings. The van der Waals surface area contributed by atoms with Crippen LogP contribution in [0.5, 0.6) is 0 Å². The van der Waals surface area contributed by atoms with Crippen LogP contribution in [0.25, 0.3) is 0 Å². The highest BCUT2D eigenvalue weighted by Gasteiger charge is 2.16. The van der Waals surface area contributed by atoms with Gasteiger partial charge in [0.1, 0.15) is 0 Å².